The highest BCUT2D eigenvalue weighted by Crippen LogP contribution is 2.40. The van der Waals surface area contributed by atoms with Gasteiger partial charge in [0.2, 0.25) is 23.6 Å². The first-order valence-electron chi connectivity index (χ1n) is 34.4. The van der Waals surface area contributed by atoms with Gasteiger partial charge in [0.1, 0.15) is 50.2 Å². The minimum atomic E-state index is -1.16. The van der Waals surface area contributed by atoms with Crippen LogP contribution in [-0.4, -0.2) is 80.4 Å². The Morgan fingerprint density at radius 3 is 1.11 bits per heavy atom. The van der Waals surface area contributed by atoms with Crippen LogP contribution < -0.4 is 45.5 Å². The van der Waals surface area contributed by atoms with Crippen LogP contribution in [0.5, 0.6) is 23.0 Å². The monoisotopic (exact) mass is 1990 g/mol. The van der Waals surface area contributed by atoms with Crippen LogP contribution in [0.4, 0.5) is 35.9 Å². The minimum absolute atomic E-state index is 0.0270. The lowest BCUT2D eigenvalue weighted by Crippen LogP contribution is -2.29. The molecule has 23 nitrogen and oxygen atoms in total. The lowest BCUT2D eigenvalue weighted by molar-refractivity contribution is -0.138. The molecule has 0 unspecified atom stereocenters. The van der Waals surface area contributed by atoms with Crippen LogP contribution in [0, 0.1) is 52.5 Å². The number of aliphatic carboxylic acids is 4. The molecule has 114 heavy (non-hydrogen) atoms. The lowest BCUT2D eigenvalue weighted by atomic mass is 10.1. The van der Waals surface area contributed by atoms with Crippen molar-refractivity contribution in [2.75, 3.05) is 27.8 Å². The third-order valence-corrected chi connectivity index (χ3v) is 19.5. The summed E-state index contributed by atoms with van der Waals surface area (Å²) in [6.07, 6.45) is 0.549. The smallest absolute Gasteiger partial charge is 0.322 e. The predicted molar refractivity (Wildman–Crippen MR) is 447 cm³/mol. The number of carbonyl (C=O) groups excluding carboxylic acids is 5. The molecular formula is C80H77Br6Cl2F3N6O17. The number of nitriles is 1. The van der Waals surface area contributed by atoms with Crippen molar-refractivity contribution in [2.45, 2.75) is 114 Å². The molecule has 606 valence electrons. The van der Waals surface area contributed by atoms with Gasteiger partial charge in [-0.05, 0) is 216 Å². The number of hydrogen-bond donors (Lipinski definition) is 9. The summed E-state index contributed by atoms with van der Waals surface area (Å²) in [5.41, 5.74) is 5.01. The predicted octanol–water partition coefficient (Wildman–Crippen LogP) is 20.1. The molecule has 0 spiro atoms. The molecule has 0 fully saturated rings. The van der Waals surface area contributed by atoms with Crippen molar-refractivity contribution in [1.82, 2.24) is 5.32 Å². The molecule has 8 aromatic carbocycles. The fourth-order valence-corrected chi connectivity index (χ4v) is 14.5. The number of carbonyl (C=O) groups is 9. The van der Waals surface area contributed by atoms with E-state index in [1.54, 1.807) is 134 Å². The Morgan fingerprint density at radius 1 is 0.421 bits per heavy atom. The molecule has 8 aromatic rings. The van der Waals surface area contributed by atoms with Crippen molar-refractivity contribution in [3.63, 3.8) is 0 Å². The van der Waals surface area contributed by atoms with Crippen molar-refractivity contribution in [3.05, 3.63) is 226 Å². The molecule has 0 atom stereocenters. The number of benzene rings is 8. The summed E-state index contributed by atoms with van der Waals surface area (Å²) >= 11 is 32.6. The lowest BCUT2D eigenvalue weighted by Gasteiger charge is -2.14. The Morgan fingerprint density at radius 2 is 0.763 bits per heavy atom. The van der Waals surface area contributed by atoms with E-state index >= 15 is 0 Å². The minimum Gasteiger partial charge on any atom is -0.487 e. The molecule has 0 heterocycles. The van der Waals surface area contributed by atoms with Crippen molar-refractivity contribution in [2.24, 2.45) is 23.7 Å². The van der Waals surface area contributed by atoms with E-state index in [4.69, 9.17) is 62.6 Å². The number of nitrogens with one attached hydrogen (secondary N) is 5. The standard InChI is InChI=1S/C20H19Br2FN2O5.C20H20Br2FNO4.C20H18Br2N2O4.C20H20Cl2FNO4/c1-10(2)19(28)25-15-5-3-4-11(17(15)23)9-30-18-13(21)6-12(7-14(18)22)20(29)24-8-16(26)27;1-11(2)20(27)24-16-5-3-4-13(18(16)23)10-28-19-14(21)8-12(9-15(19)22)6-7-17(25)26;1-11(2)20(27)24-15-4-13(9-23)3-14(5-15)10-28-19-16(21)6-12(7-17(19)22)8-18(25)26;1-11(2)20(27)24-16-5-3-4-13(18(16)23)10-28-19-14(21)8-12(9-15(19)22)6-7-17(25)26/h3-7,10H,8-9H2,1-2H3,(H,24,29)(H,25,28)(H,26,27);3-5,8-9,11H,6-7,10H2,1-2H3,(H,24,27)(H,25,26);3-7,11H,8,10H2,1-2H3,(H,24,27)(H,25,26);3-5,8-9,11H,6-7,10H2,1-2H3,(H,24,27)(H,25,26). The van der Waals surface area contributed by atoms with E-state index in [9.17, 15) is 61.6 Å². The van der Waals surface area contributed by atoms with Gasteiger partial charge in [0.25, 0.3) is 5.91 Å². The second kappa shape index (κ2) is 46.5. The number of halogens is 11. The summed E-state index contributed by atoms with van der Waals surface area (Å²) in [4.78, 5) is 102. The van der Waals surface area contributed by atoms with Crippen molar-refractivity contribution >= 4 is 195 Å². The van der Waals surface area contributed by atoms with E-state index in [-0.39, 0.29) is 149 Å². The maximum Gasteiger partial charge on any atom is 0.322 e. The van der Waals surface area contributed by atoms with Crippen LogP contribution in [0.3, 0.4) is 0 Å². The Kier molecular flexibility index (Phi) is 38.9. The number of rotatable bonds is 31. The second-order valence-corrected chi connectivity index (χ2v) is 31.9. The highest BCUT2D eigenvalue weighted by molar-refractivity contribution is 9.12. The normalized spacial score (nSPS) is 10.6. The van der Waals surface area contributed by atoms with E-state index in [0.717, 1.165) is 5.56 Å². The molecule has 0 aliphatic carbocycles. The second-order valence-electron chi connectivity index (χ2n) is 26.0. The zero-order valence-corrected chi connectivity index (χ0v) is 73.2. The van der Waals surface area contributed by atoms with Crippen molar-refractivity contribution in [3.8, 4) is 29.1 Å². The fraction of sp³-hybridized carbons (Fsp3) is 0.275. The van der Waals surface area contributed by atoms with Gasteiger partial charge in [-0.15, -0.1) is 0 Å². The van der Waals surface area contributed by atoms with Crippen LogP contribution in [0.1, 0.15) is 123 Å². The van der Waals surface area contributed by atoms with Crippen molar-refractivity contribution < 1.29 is 95.7 Å². The zero-order valence-electron chi connectivity index (χ0n) is 62.1. The summed E-state index contributed by atoms with van der Waals surface area (Å²) in [6.45, 7) is 13.2. The summed E-state index contributed by atoms with van der Waals surface area (Å²) in [6, 6.07) is 34.1. The summed E-state index contributed by atoms with van der Waals surface area (Å²) < 4.78 is 70.2. The third kappa shape index (κ3) is 30.9. The molecule has 8 rings (SSSR count). The Balaban J connectivity index is 0.000000272. The first-order chi connectivity index (χ1) is 53.7. The molecule has 0 bridgehead atoms. The zero-order chi connectivity index (χ0) is 85.0. The van der Waals surface area contributed by atoms with Gasteiger partial charge < -0.3 is 66.0 Å². The maximum absolute atomic E-state index is 14.7. The van der Waals surface area contributed by atoms with Gasteiger partial charge in [-0.25, -0.2) is 13.2 Å². The molecule has 0 radical (unpaired) electrons. The summed E-state index contributed by atoms with van der Waals surface area (Å²) in [5, 5.41) is 57.5. The summed E-state index contributed by atoms with van der Waals surface area (Å²) in [5.74, 6) is -6.65. The molecule has 0 saturated carbocycles. The van der Waals surface area contributed by atoms with Gasteiger partial charge in [0, 0.05) is 64.5 Å². The average molecular weight is 2000 g/mol. The van der Waals surface area contributed by atoms with Crippen LogP contribution in [0.15, 0.2) is 148 Å². The van der Waals surface area contributed by atoms with Crippen molar-refractivity contribution in [1.29, 1.82) is 5.26 Å². The number of carboxylic acids is 4. The van der Waals surface area contributed by atoms with Crippen LogP contribution in [0.25, 0.3) is 0 Å². The summed E-state index contributed by atoms with van der Waals surface area (Å²) in [7, 11) is 0. The molecule has 34 heteroatoms. The SMILES string of the molecule is CC(C)C(=O)Nc1cc(C#N)cc(COc2c(Br)cc(CC(=O)O)cc2Br)c1.CC(C)C(=O)Nc1cccc(COc2c(Br)cc(C(=O)NCC(=O)O)cc2Br)c1F.CC(C)C(=O)Nc1cccc(COc2c(Br)cc(CCC(=O)O)cc2Br)c1F.CC(C)C(=O)Nc1cccc(COc2c(Cl)cc(CCC(=O)O)cc2Cl)c1F. The Labute approximate surface area is 715 Å². The third-order valence-electron chi connectivity index (χ3n) is 15.4. The highest BCUT2D eigenvalue weighted by atomic mass is 79.9. The van der Waals surface area contributed by atoms with E-state index in [2.05, 4.69) is 128 Å². The average Bonchev–Trinajstić information content (AvgIpc) is 0.811. The number of anilines is 4. The molecule has 0 aliphatic heterocycles. The topological polar surface area (TPSA) is 355 Å². The number of nitrogens with zero attached hydrogens (tertiary/aromatic N) is 1. The number of ether oxygens (including phenoxy) is 4. The Hall–Kier alpha value is -9.07. The maximum atomic E-state index is 14.7. The molecule has 5 amide bonds. The Bertz CT molecular complexity index is 4680. The van der Waals surface area contributed by atoms with E-state index in [1.165, 1.54) is 42.5 Å². The van der Waals surface area contributed by atoms with E-state index in [0.29, 0.717) is 84.0 Å². The van der Waals surface area contributed by atoms with Gasteiger partial charge in [-0.2, -0.15) is 5.26 Å². The van der Waals surface area contributed by atoms with Crippen LogP contribution in [-0.2, 0) is 84.0 Å². The fourth-order valence-electron chi connectivity index (χ4n) is 9.40. The van der Waals surface area contributed by atoms with Gasteiger partial charge in [0.05, 0.1) is 72.0 Å². The van der Waals surface area contributed by atoms with Gasteiger partial charge in [0.15, 0.2) is 23.2 Å². The van der Waals surface area contributed by atoms with Gasteiger partial charge in [-0.3, -0.25) is 43.2 Å². The molecule has 0 saturated heterocycles. The number of carboxylic acid groups (broad SMARTS) is 4. The quantitative estimate of drug-likeness (QED) is 0.0195. The largest absolute Gasteiger partial charge is 0.487 e. The number of hydrogen-bond acceptors (Lipinski definition) is 14. The molecule has 9 N–H and O–H groups in total. The molecular weight excluding hydrogens is 1920 g/mol. The van der Waals surface area contributed by atoms with Gasteiger partial charge >= 0.3 is 23.9 Å². The number of aryl methyl sites for hydroxylation is 2. The number of amides is 5. The molecule has 0 aliphatic rings. The first kappa shape index (κ1) is 95.5. The first-order valence-corrected chi connectivity index (χ1v) is 39.9. The van der Waals surface area contributed by atoms with Crippen LogP contribution in [0.2, 0.25) is 10.0 Å². The van der Waals surface area contributed by atoms with E-state index in [1.807, 2.05) is 0 Å². The van der Waals surface area contributed by atoms with Crippen LogP contribution >= 0.6 is 119 Å². The highest BCUT2D eigenvalue weighted by Gasteiger charge is 2.22. The van der Waals surface area contributed by atoms with E-state index < -0.39 is 53.8 Å². The van der Waals surface area contributed by atoms with Gasteiger partial charge in [-0.1, -0.05) is 115 Å². The molecule has 0 aromatic heterocycles.